The standard InChI is InChI=1S/C22H28O/c1-8-22(6,7)19-14-16(17-12-10-9-11-15(17)2)13-18(20(19)23)21(3,4)5/h8-14,16H,1H2,2-7H3. The van der Waals surface area contributed by atoms with Crippen LogP contribution in [0.1, 0.15) is 51.7 Å². The van der Waals surface area contributed by atoms with Crippen molar-refractivity contribution in [2.24, 2.45) is 10.8 Å². The van der Waals surface area contributed by atoms with Crippen LogP contribution in [0.15, 0.2) is 60.2 Å². The van der Waals surface area contributed by atoms with Gasteiger partial charge in [-0.25, -0.2) is 0 Å². The zero-order valence-corrected chi connectivity index (χ0v) is 15.2. The lowest BCUT2D eigenvalue weighted by Crippen LogP contribution is -2.29. The minimum Gasteiger partial charge on any atom is -0.289 e. The van der Waals surface area contributed by atoms with Crippen LogP contribution >= 0.6 is 0 Å². The molecule has 23 heavy (non-hydrogen) atoms. The van der Waals surface area contributed by atoms with E-state index in [-0.39, 0.29) is 22.5 Å². The third kappa shape index (κ3) is 3.39. The van der Waals surface area contributed by atoms with Gasteiger partial charge in [0.25, 0.3) is 0 Å². The van der Waals surface area contributed by atoms with Gasteiger partial charge in [-0.2, -0.15) is 0 Å². The fourth-order valence-corrected chi connectivity index (χ4v) is 3.05. The van der Waals surface area contributed by atoms with E-state index in [1.165, 1.54) is 11.1 Å². The predicted octanol–water partition coefficient (Wildman–Crippen LogP) is 5.77. The Bertz CT molecular complexity index is 693. The second-order valence-electron chi connectivity index (χ2n) is 8.05. The van der Waals surface area contributed by atoms with Crippen LogP contribution in [0.5, 0.6) is 0 Å². The summed E-state index contributed by atoms with van der Waals surface area (Å²) in [7, 11) is 0. The zero-order chi connectivity index (χ0) is 17.4. The smallest absolute Gasteiger partial charge is 0.185 e. The van der Waals surface area contributed by atoms with Gasteiger partial charge in [0, 0.05) is 22.5 Å². The minimum atomic E-state index is -0.331. The molecular weight excluding hydrogens is 280 g/mol. The highest BCUT2D eigenvalue weighted by Crippen LogP contribution is 2.42. The Labute approximate surface area is 140 Å². The topological polar surface area (TPSA) is 17.1 Å². The number of benzene rings is 1. The van der Waals surface area contributed by atoms with Crippen molar-refractivity contribution in [3.8, 4) is 0 Å². The van der Waals surface area contributed by atoms with E-state index in [1.54, 1.807) is 0 Å². The van der Waals surface area contributed by atoms with Gasteiger partial charge < -0.3 is 0 Å². The number of ketones is 1. The van der Waals surface area contributed by atoms with Gasteiger partial charge >= 0.3 is 0 Å². The molecule has 1 aliphatic rings. The van der Waals surface area contributed by atoms with Crippen molar-refractivity contribution in [3.05, 3.63) is 71.3 Å². The highest BCUT2D eigenvalue weighted by atomic mass is 16.1. The third-order valence-corrected chi connectivity index (χ3v) is 4.74. The predicted molar refractivity (Wildman–Crippen MR) is 98.5 cm³/mol. The molecule has 2 rings (SSSR count). The van der Waals surface area contributed by atoms with E-state index in [1.807, 2.05) is 6.08 Å². The third-order valence-electron chi connectivity index (χ3n) is 4.74. The van der Waals surface area contributed by atoms with Crippen molar-refractivity contribution >= 4 is 5.78 Å². The molecule has 0 heterocycles. The van der Waals surface area contributed by atoms with Gasteiger partial charge in [-0.15, -0.1) is 6.58 Å². The molecule has 122 valence electrons. The molecule has 1 heteroatoms. The van der Waals surface area contributed by atoms with Gasteiger partial charge in [0.05, 0.1) is 0 Å². The van der Waals surface area contributed by atoms with Crippen LogP contribution in [0.3, 0.4) is 0 Å². The molecule has 1 atom stereocenters. The number of carbonyl (C=O) groups excluding carboxylic acids is 1. The summed E-state index contributed by atoms with van der Waals surface area (Å²) in [6.07, 6.45) is 6.15. The Morgan fingerprint density at radius 2 is 1.57 bits per heavy atom. The molecule has 0 aromatic heterocycles. The number of hydrogen-bond acceptors (Lipinski definition) is 1. The SMILES string of the molecule is C=CC(C)(C)C1=CC(c2ccccc2C)C=C(C(C)(C)C)C1=O. The number of carbonyl (C=O) groups is 1. The fourth-order valence-electron chi connectivity index (χ4n) is 3.05. The van der Waals surface area contributed by atoms with Gasteiger partial charge in [-0.05, 0) is 23.5 Å². The van der Waals surface area contributed by atoms with E-state index in [4.69, 9.17) is 0 Å². The molecule has 0 N–H and O–H groups in total. The van der Waals surface area contributed by atoms with E-state index >= 15 is 0 Å². The molecule has 0 amide bonds. The Balaban J connectivity index is 2.65. The minimum absolute atomic E-state index is 0.136. The first kappa shape index (κ1) is 17.5. The van der Waals surface area contributed by atoms with Crippen molar-refractivity contribution < 1.29 is 4.79 Å². The van der Waals surface area contributed by atoms with Gasteiger partial charge in [-0.3, -0.25) is 4.79 Å². The molecule has 0 saturated carbocycles. The van der Waals surface area contributed by atoms with Crippen molar-refractivity contribution in [2.45, 2.75) is 47.5 Å². The summed E-state index contributed by atoms with van der Waals surface area (Å²) in [6.45, 7) is 16.5. The highest BCUT2D eigenvalue weighted by molar-refractivity contribution is 6.11. The number of aryl methyl sites for hydroxylation is 1. The molecular formula is C22H28O. The maximum absolute atomic E-state index is 13.1. The van der Waals surface area contributed by atoms with Crippen molar-refractivity contribution in [1.82, 2.24) is 0 Å². The first-order valence-corrected chi connectivity index (χ1v) is 8.26. The maximum atomic E-state index is 13.1. The first-order valence-electron chi connectivity index (χ1n) is 8.26. The summed E-state index contributed by atoms with van der Waals surface area (Å²) in [4.78, 5) is 13.1. The second kappa shape index (κ2) is 5.96. The molecule has 1 aromatic rings. The highest BCUT2D eigenvalue weighted by Gasteiger charge is 2.36. The molecule has 1 nitrogen and oxygen atoms in total. The maximum Gasteiger partial charge on any atom is 0.185 e. The van der Waals surface area contributed by atoms with Crippen LogP contribution in [0.25, 0.3) is 0 Å². The van der Waals surface area contributed by atoms with Crippen LogP contribution in [0, 0.1) is 17.8 Å². The number of allylic oxidation sites excluding steroid dienone is 5. The molecule has 1 unspecified atom stereocenters. The molecule has 0 fully saturated rings. The molecule has 1 aliphatic carbocycles. The number of rotatable bonds is 3. The van der Waals surface area contributed by atoms with E-state index in [0.717, 1.165) is 11.1 Å². The summed E-state index contributed by atoms with van der Waals surface area (Å²) < 4.78 is 0. The lowest BCUT2D eigenvalue weighted by Gasteiger charge is -2.34. The van der Waals surface area contributed by atoms with E-state index in [9.17, 15) is 4.79 Å². The average molecular weight is 308 g/mol. The van der Waals surface area contributed by atoms with Gasteiger partial charge in [0.2, 0.25) is 0 Å². The Hall–Kier alpha value is -1.89. The summed E-state index contributed by atoms with van der Waals surface area (Å²) >= 11 is 0. The van der Waals surface area contributed by atoms with Crippen molar-refractivity contribution in [3.63, 3.8) is 0 Å². The Morgan fingerprint density at radius 1 is 1.00 bits per heavy atom. The summed E-state index contributed by atoms with van der Waals surface area (Å²) in [6, 6.07) is 8.40. The Morgan fingerprint density at radius 3 is 2.09 bits per heavy atom. The largest absolute Gasteiger partial charge is 0.289 e. The lowest BCUT2D eigenvalue weighted by atomic mass is 9.69. The Kier molecular flexibility index (Phi) is 4.52. The molecule has 0 aliphatic heterocycles. The summed E-state index contributed by atoms with van der Waals surface area (Å²) in [5.41, 5.74) is 3.77. The van der Waals surface area contributed by atoms with Crippen molar-refractivity contribution in [2.75, 3.05) is 0 Å². The zero-order valence-electron chi connectivity index (χ0n) is 15.2. The normalized spacial score (nSPS) is 19.2. The van der Waals surface area contributed by atoms with Crippen LogP contribution in [-0.2, 0) is 4.79 Å². The van der Waals surface area contributed by atoms with E-state index in [2.05, 4.69) is 84.5 Å². The fraction of sp³-hybridized carbons (Fsp3) is 0.409. The molecule has 0 spiro atoms. The van der Waals surface area contributed by atoms with Crippen molar-refractivity contribution in [1.29, 1.82) is 0 Å². The van der Waals surface area contributed by atoms with Gasteiger partial charge in [0.1, 0.15) is 0 Å². The van der Waals surface area contributed by atoms with Crippen LogP contribution in [0.2, 0.25) is 0 Å². The number of Topliss-reactive ketones (excluding diaryl/α,β-unsaturated/α-hetero) is 1. The summed E-state index contributed by atoms with van der Waals surface area (Å²) in [5.74, 6) is 0.296. The van der Waals surface area contributed by atoms with Gasteiger partial charge in [0.15, 0.2) is 5.78 Å². The average Bonchev–Trinajstić information content (AvgIpc) is 2.47. The van der Waals surface area contributed by atoms with Crippen LogP contribution < -0.4 is 0 Å². The van der Waals surface area contributed by atoms with Gasteiger partial charge in [-0.1, -0.05) is 77.1 Å². The summed E-state index contributed by atoms with van der Waals surface area (Å²) in [5, 5.41) is 0. The molecule has 0 bridgehead atoms. The first-order chi connectivity index (χ1) is 10.6. The molecule has 0 radical (unpaired) electrons. The quantitative estimate of drug-likeness (QED) is 0.648. The second-order valence-corrected chi connectivity index (χ2v) is 8.05. The number of hydrogen-bond donors (Lipinski definition) is 0. The molecule has 1 aromatic carbocycles. The van der Waals surface area contributed by atoms with Crippen LogP contribution in [-0.4, -0.2) is 5.78 Å². The lowest BCUT2D eigenvalue weighted by molar-refractivity contribution is -0.114. The monoisotopic (exact) mass is 308 g/mol. The van der Waals surface area contributed by atoms with E-state index < -0.39 is 0 Å². The van der Waals surface area contributed by atoms with E-state index in [0.29, 0.717) is 0 Å². The van der Waals surface area contributed by atoms with Crippen LogP contribution in [0.4, 0.5) is 0 Å². The molecule has 0 saturated heterocycles.